The molecule has 0 saturated heterocycles. The maximum Gasteiger partial charge on any atom is 0.293 e. The summed E-state index contributed by atoms with van der Waals surface area (Å²) in [6, 6.07) is 6.38. The van der Waals surface area contributed by atoms with Gasteiger partial charge in [0.25, 0.3) is 5.69 Å². The van der Waals surface area contributed by atoms with Crippen molar-refractivity contribution in [2.24, 2.45) is 11.3 Å². The lowest BCUT2D eigenvalue weighted by Crippen LogP contribution is -2.28. The number of rotatable bonds is 5. The van der Waals surface area contributed by atoms with Gasteiger partial charge in [-0.05, 0) is 23.5 Å². The summed E-state index contributed by atoms with van der Waals surface area (Å²) < 4.78 is 0. The van der Waals surface area contributed by atoms with Crippen LogP contribution in [0.15, 0.2) is 18.2 Å². The van der Waals surface area contributed by atoms with Gasteiger partial charge in [-0.15, -0.1) is 0 Å². The van der Waals surface area contributed by atoms with Crippen molar-refractivity contribution in [3.8, 4) is 6.07 Å². The highest BCUT2D eigenvalue weighted by Gasteiger charge is 2.23. The molecular formula is C14H19N3O2. The van der Waals surface area contributed by atoms with Gasteiger partial charge in [-0.2, -0.15) is 5.26 Å². The molecule has 19 heavy (non-hydrogen) atoms. The third-order valence-electron chi connectivity index (χ3n) is 3.62. The summed E-state index contributed by atoms with van der Waals surface area (Å²) in [6.45, 7) is 9.10. The van der Waals surface area contributed by atoms with E-state index in [1.54, 1.807) is 12.1 Å². The van der Waals surface area contributed by atoms with Gasteiger partial charge in [0.1, 0.15) is 5.69 Å². The molecule has 0 bridgehead atoms. The van der Waals surface area contributed by atoms with Gasteiger partial charge in [0.2, 0.25) is 0 Å². The molecule has 1 aromatic carbocycles. The molecule has 0 spiro atoms. The molecule has 0 heterocycles. The Morgan fingerprint density at radius 3 is 2.58 bits per heavy atom. The van der Waals surface area contributed by atoms with E-state index in [4.69, 9.17) is 5.26 Å². The van der Waals surface area contributed by atoms with Crippen molar-refractivity contribution in [2.45, 2.75) is 27.7 Å². The van der Waals surface area contributed by atoms with Crippen LogP contribution in [-0.4, -0.2) is 11.5 Å². The van der Waals surface area contributed by atoms with Crippen molar-refractivity contribution in [3.63, 3.8) is 0 Å². The van der Waals surface area contributed by atoms with Crippen LogP contribution in [0.3, 0.4) is 0 Å². The van der Waals surface area contributed by atoms with E-state index in [1.165, 1.54) is 6.07 Å². The highest BCUT2D eigenvalue weighted by molar-refractivity contribution is 5.64. The molecule has 1 rings (SSSR count). The first kappa shape index (κ1) is 15.0. The first-order valence-electron chi connectivity index (χ1n) is 6.20. The van der Waals surface area contributed by atoms with Crippen LogP contribution in [0, 0.1) is 32.8 Å². The van der Waals surface area contributed by atoms with Crippen LogP contribution < -0.4 is 5.32 Å². The molecule has 0 radical (unpaired) electrons. The number of nitrogens with zero attached hydrogens (tertiary/aromatic N) is 2. The van der Waals surface area contributed by atoms with E-state index in [1.807, 2.05) is 6.07 Å². The molecule has 0 aliphatic heterocycles. The van der Waals surface area contributed by atoms with E-state index in [0.29, 0.717) is 23.7 Å². The number of hydrogen-bond acceptors (Lipinski definition) is 4. The molecule has 0 atom stereocenters. The summed E-state index contributed by atoms with van der Waals surface area (Å²) in [5.41, 5.74) is 0.721. The molecule has 5 nitrogen and oxygen atoms in total. The summed E-state index contributed by atoms with van der Waals surface area (Å²) in [4.78, 5) is 10.5. The lowest BCUT2D eigenvalue weighted by molar-refractivity contribution is -0.384. The van der Waals surface area contributed by atoms with E-state index in [-0.39, 0.29) is 11.1 Å². The van der Waals surface area contributed by atoms with E-state index < -0.39 is 4.92 Å². The fourth-order valence-electron chi connectivity index (χ4n) is 1.43. The minimum Gasteiger partial charge on any atom is -0.379 e. The molecule has 102 valence electrons. The Morgan fingerprint density at radius 1 is 1.47 bits per heavy atom. The molecule has 0 aromatic heterocycles. The number of nitro groups is 1. The second-order valence-corrected chi connectivity index (χ2v) is 5.60. The predicted molar refractivity (Wildman–Crippen MR) is 74.9 cm³/mol. The fraction of sp³-hybridized carbons (Fsp3) is 0.500. The Hall–Kier alpha value is -2.09. The van der Waals surface area contributed by atoms with Crippen molar-refractivity contribution in [1.82, 2.24) is 0 Å². The average molecular weight is 261 g/mol. The molecule has 0 aliphatic rings. The Bertz CT molecular complexity index is 516. The van der Waals surface area contributed by atoms with E-state index >= 15 is 0 Å². The van der Waals surface area contributed by atoms with Crippen LogP contribution in [0.2, 0.25) is 0 Å². The van der Waals surface area contributed by atoms with Crippen molar-refractivity contribution in [1.29, 1.82) is 5.26 Å². The lowest BCUT2D eigenvalue weighted by atomic mass is 9.81. The van der Waals surface area contributed by atoms with Crippen molar-refractivity contribution < 1.29 is 4.92 Å². The molecule has 0 fully saturated rings. The number of hydrogen-bond donors (Lipinski definition) is 1. The zero-order chi connectivity index (χ0) is 14.6. The van der Waals surface area contributed by atoms with Gasteiger partial charge in [0, 0.05) is 12.6 Å². The second kappa shape index (κ2) is 5.70. The lowest BCUT2D eigenvalue weighted by Gasteiger charge is -2.29. The van der Waals surface area contributed by atoms with Gasteiger partial charge in [-0.3, -0.25) is 10.1 Å². The van der Waals surface area contributed by atoms with Gasteiger partial charge in [-0.25, -0.2) is 0 Å². The van der Waals surface area contributed by atoms with E-state index in [0.717, 1.165) is 0 Å². The summed E-state index contributed by atoms with van der Waals surface area (Å²) >= 11 is 0. The normalized spacial score (nSPS) is 11.2. The Labute approximate surface area is 113 Å². The summed E-state index contributed by atoms with van der Waals surface area (Å²) in [7, 11) is 0. The smallest absolute Gasteiger partial charge is 0.293 e. The summed E-state index contributed by atoms with van der Waals surface area (Å²) in [5, 5.41) is 22.9. The summed E-state index contributed by atoms with van der Waals surface area (Å²) in [5.74, 6) is 0.456. The highest BCUT2D eigenvalue weighted by atomic mass is 16.6. The Morgan fingerprint density at radius 2 is 2.11 bits per heavy atom. The van der Waals surface area contributed by atoms with Gasteiger partial charge in [0.15, 0.2) is 0 Å². The maximum absolute atomic E-state index is 11.0. The van der Waals surface area contributed by atoms with Crippen LogP contribution in [-0.2, 0) is 0 Å². The van der Waals surface area contributed by atoms with Crippen LogP contribution in [0.25, 0.3) is 0 Å². The molecule has 1 N–H and O–H groups in total. The molecule has 0 amide bonds. The van der Waals surface area contributed by atoms with Crippen LogP contribution in [0.4, 0.5) is 11.4 Å². The second-order valence-electron chi connectivity index (χ2n) is 5.60. The van der Waals surface area contributed by atoms with Gasteiger partial charge >= 0.3 is 0 Å². The Kier molecular flexibility index (Phi) is 4.49. The number of nitriles is 1. The standard InChI is InChI=1S/C14H19N3O2/c1-10(2)14(3,4)9-16-12-6-5-11(8-15)7-13(12)17(18)19/h5-7,10,16H,9H2,1-4H3. The van der Waals surface area contributed by atoms with Gasteiger partial charge < -0.3 is 5.32 Å². The quantitative estimate of drug-likeness (QED) is 0.649. The summed E-state index contributed by atoms with van der Waals surface area (Å²) in [6.07, 6.45) is 0. The molecular weight excluding hydrogens is 242 g/mol. The molecule has 0 saturated carbocycles. The SMILES string of the molecule is CC(C)C(C)(C)CNc1ccc(C#N)cc1[N+](=O)[O-]. The minimum absolute atomic E-state index is 0.0295. The van der Waals surface area contributed by atoms with Crippen molar-refractivity contribution in [2.75, 3.05) is 11.9 Å². The molecule has 0 aliphatic carbocycles. The van der Waals surface area contributed by atoms with E-state index in [9.17, 15) is 10.1 Å². The number of nitrogens with one attached hydrogen (secondary N) is 1. The average Bonchev–Trinajstić information content (AvgIpc) is 2.35. The van der Waals surface area contributed by atoms with Crippen LogP contribution in [0.5, 0.6) is 0 Å². The zero-order valence-electron chi connectivity index (χ0n) is 11.7. The molecule has 1 aromatic rings. The first-order chi connectivity index (χ1) is 8.77. The fourth-order valence-corrected chi connectivity index (χ4v) is 1.43. The zero-order valence-corrected chi connectivity index (χ0v) is 11.7. The molecule has 0 unspecified atom stereocenters. The third kappa shape index (κ3) is 3.68. The van der Waals surface area contributed by atoms with E-state index in [2.05, 4.69) is 33.0 Å². The van der Waals surface area contributed by atoms with Crippen LogP contribution >= 0.6 is 0 Å². The third-order valence-corrected chi connectivity index (χ3v) is 3.62. The first-order valence-corrected chi connectivity index (χ1v) is 6.20. The monoisotopic (exact) mass is 261 g/mol. The number of anilines is 1. The Balaban J connectivity index is 2.96. The minimum atomic E-state index is -0.467. The van der Waals surface area contributed by atoms with Gasteiger partial charge in [-0.1, -0.05) is 27.7 Å². The van der Waals surface area contributed by atoms with Crippen molar-refractivity contribution in [3.05, 3.63) is 33.9 Å². The number of nitro benzene ring substituents is 1. The van der Waals surface area contributed by atoms with Gasteiger partial charge in [0.05, 0.1) is 16.6 Å². The number of benzene rings is 1. The highest BCUT2D eigenvalue weighted by Crippen LogP contribution is 2.30. The largest absolute Gasteiger partial charge is 0.379 e. The van der Waals surface area contributed by atoms with Crippen molar-refractivity contribution >= 4 is 11.4 Å². The predicted octanol–water partition coefficient (Wildman–Crippen LogP) is 3.56. The topological polar surface area (TPSA) is 79.0 Å². The maximum atomic E-state index is 11.0. The van der Waals surface area contributed by atoms with Crippen LogP contribution in [0.1, 0.15) is 33.3 Å². The molecule has 5 heteroatoms.